The minimum absolute atomic E-state index is 0.0453. The summed E-state index contributed by atoms with van der Waals surface area (Å²) in [6.07, 6.45) is 1.23. The zero-order chi connectivity index (χ0) is 16.1. The number of tetrazole rings is 1. The predicted molar refractivity (Wildman–Crippen MR) is 71.4 cm³/mol. The Morgan fingerprint density at radius 3 is 2.86 bits per heavy atom. The van der Waals surface area contributed by atoms with Crippen molar-refractivity contribution >= 4 is 22.9 Å². The van der Waals surface area contributed by atoms with Crippen molar-refractivity contribution < 1.29 is 14.8 Å². The summed E-state index contributed by atoms with van der Waals surface area (Å²) in [6.45, 7) is 0. The fourth-order valence-electron chi connectivity index (χ4n) is 1.53. The van der Waals surface area contributed by atoms with Crippen LogP contribution in [-0.4, -0.2) is 36.6 Å². The van der Waals surface area contributed by atoms with Crippen molar-refractivity contribution in [2.75, 3.05) is 5.32 Å². The van der Waals surface area contributed by atoms with Crippen LogP contribution in [0.2, 0.25) is 0 Å². The first-order chi connectivity index (χ1) is 10.5. The number of allylic oxidation sites excluding steroid dienone is 1. The van der Waals surface area contributed by atoms with E-state index in [4.69, 9.17) is 10.4 Å². The first-order valence-electron chi connectivity index (χ1n) is 5.65. The molecule has 0 aliphatic rings. The molecule has 0 saturated carbocycles. The number of aromatic carboxylic acids is 1. The van der Waals surface area contributed by atoms with Crippen molar-refractivity contribution in [1.82, 2.24) is 20.6 Å². The Morgan fingerprint density at radius 2 is 2.32 bits per heavy atom. The summed E-state index contributed by atoms with van der Waals surface area (Å²) in [5, 5.41) is 44.1. The minimum atomic E-state index is -1.43. The smallest absolute Gasteiger partial charge is 0.342 e. The van der Waals surface area contributed by atoms with Crippen molar-refractivity contribution in [3.05, 3.63) is 45.9 Å². The molecule has 2 aromatic rings. The van der Waals surface area contributed by atoms with Gasteiger partial charge in [0.05, 0.1) is 4.92 Å². The van der Waals surface area contributed by atoms with Gasteiger partial charge in [-0.25, -0.2) is 4.79 Å². The van der Waals surface area contributed by atoms with Crippen LogP contribution in [0.3, 0.4) is 0 Å². The summed E-state index contributed by atoms with van der Waals surface area (Å²) >= 11 is 0. The fraction of sp³-hybridized carbons (Fsp3) is 0. The highest BCUT2D eigenvalue weighted by Crippen LogP contribution is 2.23. The van der Waals surface area contributed by atoms with Crippen LogP contribution in [0.15, 0.2) is 24.4 Å². The average molecular weight is 301 g/mol. The van der Waals surface area contributed by atoms with E-state index in [9.17, 15) is 14.9 Å². The molecule has 0 bridgehead atoms. The number of nitrogens with zero attached hydrogens (tertiary/aromatic N) is 5. The molecule has 11 nitrogen and oxygen atoms in total. The van der Waals surface area contributed by atoms with Crippen LogP contribution in [0.25, 0.3) is 5.57 Å². The monoisotopic (exact) mass is 301 g/mol. The number of carboxylic acid groups (broad SMARTS) is 1. The second-order valence-electron chi connectivity index (χ2n) is 3.84. The Labute approximate surface area is 122 Å². The second-order valence-corrected chi connectivity index (χ2v) is 3.84. The number of aromatic amines is 1. The number of carbonyl (C=O) groups is 1. The van der Waals surface area contributed by atoms with Gasteiger partial charge in [-0.2, -0.15) is 10.5 Å². The number of nitrogens with one attached hydrogen (secondary N) is 2. The molecule has 0 atom stereocenters. The van der Waals surface area contributed by atoms with Crippen molar-refractivity contribution in [2.45, 2.75) is 0 Å². The number of rotatable bonds is 5. The first kappa shape index (κ1) is 14.6. The van der Waals surface area contributed by atoms with E-state index in [1.54, 1.807) is 0 Å². The Morgan fingerprint density at radius 1 is 1.55 bits per heavy atom. The van der Waals surface area contributed by atoms with E-state index in [0.29, 0.717) is 0 Å². The van der Waals surface area contributed by atoms with Crippen LogP contribution < -0.4 is 5.32 Å². The molecule has 0 unspecified atom stereocenters. The van der Waals surface area contributed by atoms with Gasteiger partial charge in [-0.3, -0.25) is 10.1 Å². The molecule has 0 radical (unpaired) electrons. The maximum Gasteiger partial charge on any atom is 0.342 e. The van der Waals surface area contributed by atoms with Crippen LogP contribution in [0.5, 0.6) is 0 Å². The molecule has 0 saturated heterocycles. The van der Waals surface area contributed by atoms with E-state index < -0.39 is 22.1 Å². The van der Waals surface area contributed by atoms with Crippen molar-refractivity contribution in [1.29, 1.82) is 5.26 Å². The summed E-state index contributed by atoms with van der Waals surface area (Å²) in [6, 6.07) is 5.28. The standard InChI is InChI=1S/C11H7N7O4/c12-4-6(10-14-16-17-15-10)5-13-7-1-2-9(18(21)22)8(3-7)11(19)20/h1-3,5,13H,(H,19,20)(H,14,15,16,17). The number of aromatic nitrogens is 4. The van der Waals surface area contributed by atoms with Gasteiger partial charge < -0.3 is 10.4 Å². The first-order valence-corrected chi connectivity index (χ1v) is 5.65. The van der Waals surface area contributed by atoms with Gasteiger partial charge in [0.25, 0.3) is 5.69 Å². The third kappa shape index (κ3) is 3.02. The molecule has 0 fully saturated rings. The largest absolute Gasteiger partial charge is 0.477 e. The van der Waals surface area contributed by atoms with Gasteiger partial charge in [0.15, 0.2) is 0 Å². The highest BCUT2D eigenvalue weighted by Gasteiger charge is 2.19. The highest BCUT2D eigenvalue weighted by atomic mass is 16.6. The van der Waals surface area contributed by atoms with Gasteiger partial charge in [0.2, 0.25) is 5.82 Å². The molecule has 0 amide bonds. The van der Waals surface area contributed by atoms with Gasteiger partial charge in [0, 0.05) is 18.0 Å². The maximum atomic E-state index is 11.0. The number of hydrogen-bond acceptors (Lipinski definition) is 8. The molecule has 1 aromatic heterocycles. The van der Waals surface area contributed by atoms with Crippen LogP contribution in [-0.2, 0) is 0 Å². The SMILES string of the molecule is N#CC(=CNc1ccc([N+](=O)[O-])c(C(=O)O)c1)c1nn[nH]n1. The number of carboxylic acids is 1. The van der Waals surface area contributed by atoms with E-state index in [-0.39, 0.29) is 17.1 Å². The molecule has 3 N–H and O–H groups in total. The maximum absolute atomic E-state index is 11.0. The summed E-state index contributed by atoms with van der Waals surface area (Å²) in [4.78, 5) is 21.0. The lowest BCUT2D eigenvalue weighted by Gasteiger charge is -2.03. The molecular weight excluding hydrogens is 294 g/mol. The molecular formula is C11H7N7O4. The number of H-pyrrole nitrogens is 1. The number of nitriles is 1. The number of nitro groups is 1. The molecule has 0 spiro atoms. The molecule has 0 aliphatic carbocycles. The van der Waals surface area contributed by atoms with Gasteiger partial charge in [-0.15, -0.1) is 10.2 Å². The van der Waals surface area contributed by atoms with Crippen molar-refractivity contribution in [3.63, 3.8) is 0 Å². The van der Waals surface area contributed by atoms with Gasteiger partial charge in [0.1, 0.15) is 17.2 Å². The zero-order valence-electron chi connectivity index (χ0n) is 10.7. The predicted octanol–water partition coefficient (Wildman–Crippen LogP) is 0.783. The van der Waals surface area contributed by atoms with E-state index in [1.165, 1.54) is 12.3 Å². The highest BCUT2D eigenvalue weighted by molar-refractivity contribution is 5.93. The molecule has 22 heavy (non-hydrogen) atoms. The minimum Gasteiger partial charge on any atom is -0.477 e. The summed E-state index contributed by atoms with van der Waals surface area (Å²) in [5.74, 6) is -1.38. The Kier molecular flexibility index (Phi) is 4.04. The molecule has 1 heterocycles. The second kappa shape index (κ2) is 6.09. The van der Waals surface area contributed by atoms with Crippen molar-refractivity contribution in [3.8, 4) is 6.07 Å². The van der Waals surface area contributed by atoms with Gasteiger partial charge >= 0.3 is 5.97 Å². The Hall–Kier alpha value is -3.81. The zero-order valence-corrected chi connectivity index (χ0v) is 10.7. The van der Waals surface area contributed by atoms with E-state index in [1.807, 2.05) is 6.07 Å². The van der Waals surface area contributed by atoms with E-state index in [0.717, 1.165) is 12.1 Å². The number of benzene rings is 1. The number of hydrogen-bond donors (Lipinski definition) is 3. The lowest BCUT2D eigenvalue weighted by Crippen LogP contribution is -2.03. The molecule has 11 heteroatoms. The number of anilines is 1. The summed E-state index contributed by atoms with van der Waals surface area (Å²) in [7, 11) is 0. The van der Waals surface area contributed by atoms with E-state index >= 15 is 0 Å². The third-order valence-corrected chi connectivity index (χ3v) is 2.51. The van der Waals surface area contributed by atoms with Gasteiger partial charge in [-0.1, -0.05) is 0 Å². The fourth-order valence-corrected chi connectivity index (χ4v) is 1.53. The molecule has 0 aliphatic heterocycles. The molecule has 110 valence electrons. The number of nitro benzene ring substituents is 1. The van der Waals surface area contributed by atoms with Gasteiger partial charge in [-0.05, 0) is 17.3 Å². The van der Waals surface area contributed by atoms with Crippen LogP contribution in [0.4, 0.5) is 11.4 Å². The van der Waals surface area contributed by atoms with Crippen molar-refractivity contribution in [2.24, 2.45) is 0 Å². The lowest BCUT2D eigenvalue weighted by atomic mass is 10.1. The van der Waals surface area contributed by atoms with Crippen LogP contribution >= 0.6 is 0 Å². The summed E-state index contributed by atoms with van der Waals surface area (Å²) in [5.41, 5.74) is -0.703. The molecule has 2 rings (SSSR count). The Bertz CT molecular complexity index is 791. The lowest BCUT2D eigenvalue weighted by molar-refractivity contribution is -0.385. The Balaban J connectivity index is 2.31. The third-order valence-electron chi connectivity index (χ3n) is 2.51. The molecule has 1 aromatic carbocycles. The normalized spacial score (nSPS) is 10.8. The van der Waals surface area contributed by atoms with E-state index in [2.05, 4.69) is 25.9 Å². The average Bonchev–Trinajstić information content (AvgIpc) is 3.01. The quantitative estimate of drug-likeness (QED) is 0.410. The van der Waals surface area contributed by atoms with Crippen LogP contribution in [0, 0.1) is 21.4 Å². The topological polar surface area (TPSA) is 171 Å². The summed E-state index contributed by atoms with van der Waals surface area (Å²) < 4.78 is 0. The van der Waals surface area contributed by atoms with Crippen LogP contribution in [0.1, 0.15) is 16.2 Å².